The molecule has 0 aliphatic heterocycles. The lowest BCUT2D eigenvalue weighted by molar-refractivity contribution is 0.0824. The SMILES string of the molecule is Cc1cccc(Sc2ccc3cccc4c3c2C(=O)C4=O)c1. The van der Waals surface area contributed by atoms with Gasteiger partial charge in [0.05, 0.1) is 0 Å². The zero-order valence-electron chi connectivity index (χ0n) is 11.9. The van der Waals surface area contributed by atoms with Crippen LogP contribution in [0, 0.1) is 6.92 Å². The van der Waals surface area contributed by atoms with Crippen LogP contribution in [-0.2, 0) is 0 Å². The molecule has 0 saturated carbocycles. The smallest absolute Gasteiger partial charge is 0.235 e. The van der Waals surface area contributed by atoms with E-state index in [0.717, 1.165) is 20.6 Å². The lowest BCUT2D eigenvalue weighted by Crippen LogP contribution is -2.07. The molecule has 1 aliphatic carbocycles. The molecule has 2 nitrogen and oxygen atoms in total. The van der Waals surface area contributed by atoms with Gasteiger partial charge >= 0.3 is 0 Å². The summed E-state index contributed by atoms with van der Waals surface area (Å²) in [5.41, 5.74) is 2.26. The first-order valence-corrected chi connectivity index (χ1v) is 7.86. The molecule has 22 heavy (non-hydrogen) atoms. The summed E-state index contributed by atoms with van der Waals surface area (Å²) >= 11 is 1.53. The molecule has 0 amide bonds. The van der Waals surface area contributed by atoms with Crippen LogP contribution >= 0.6 is 11.8 Å². The molecule has 0 radical (unpaired) electrons. The van der Waals surface area contributed by atoms with Crippen LogP contribution in [0.5, 0.6) is 0 Å². The van der Waals surface area contributed by atoms with Crippen LogP contribution in [0.3, 0.4) is 0 Å². The molecule has 106 valence electrons. The van der Waals surface area contributed by atoms with E-state index < -0.39 is 5.78 Å². The van der Waals surface area contributed by atoms with Gasteiger partial charge in [-0.05, 0) is 30.5 Å². The standard InChI is InChI=1S/C19H12O2S/c1-11-4-2-6-13(10-11)22-15-9-8-12-5-3-7-14-16(12)17(15)19(21)18(14)20/h2-10H,1H3. The van der Waals surface area contributed by atoms with Gasteiger partial charge < -0.3 is 0 Å². The summed E-state index contributed by atoms with van der Waals surface area (Å²) in [6, 6.07) is 17.5. The van der Waals surface area contributed by atoms with Crippen LogP contribution in [-0.4, -0.2) is 11.6 Å². The van der Waals surface area contributed by atoms with E-state index in [2.05, 4.69) is 6.07 Å². The number of rotatable bonds is 2. The summed E-state index contributed by atoms with van der Waals surface area (Å²) in [5.74, 6) is -0.778. The van der Waals surface area contributed by atoms with Crippen molar-refractivity contribution in [3.63, 3.8) is 0 Å². The van der Waals surface area contributed by atoms with Crippen molar-refractivity contribution in [1.29, 1.82) is 0 Å². The van der Waals surface area contributed by atoms with E-state index in [9.17, 15) is 9.59 Å². The summed E-state index contributed by atoms with van der Waals surface area (Å²) in [7, 11) is 0. The third-order valence-electron chi connectivity index (χ3n) is 3.90. The molecule has 0 N–H and O–H groups in total. The second-order valence-corrected chi connectivity index (χ2v) is 6.53. The third-order valence-corrected chi connectivity index (χ3v) is 4.95. The number of aryl methyl sites for hydroxylation is 1. The Labute approximate surface area is 132 Å². The van der Waals surface area contributed by atoms with Crippen molar-refractivity contribution in [2.45, 2.75) is 16.7 Å². The van der Waals surface area contributed by atoms with Gasteiger partial charge in [0, 0.05) is 26.3 Å². The minimum absolute atomic E-state index is 0.387. The highest BCUT2D eigenvalue weighted by Crippen LogP contribution is 2.39. The molecule has 3 aromatic rings. The maximum absolute atomic E-state index is 12.4. The summed E-state index contributed by atoms with van der Waals surface area (Å²) in [5, 5.41) is 1.75. The highest BCUT2D eigenvalue weighted by molar-refractivity contribution is 7.99. The second-order valence-electron chi connectivity index (χ2n) is 5.42. The lowest BCUT2D eigenvalue weighted by atomic mass is 10.1. The predicted octanol–water partition coefficient (Wildman–Crippen LogP) is 4.68. The van der Waals surface area contributed by atoms with Crippen molar-refractivity contribution in [3.05, 3.63) is 71.3 Å². The summed E-state index contributed by atoms with van der Waals surface area (Å²) < 4.78 is 0. The largest absolute Gasteiger partial charge is 0.285 e. The second kappa shape index (κ2) is 4.82. The maximum Gasteiger partial charge on any atom is 0.235 e. The number of benzene rings is 3. The van der Waals surface area contributed by atoms with Gasteiger partial charge in [-0.2, -0.15) is 0 Å². The van der Waals surface area contributed by atoms with Gasteiger partial charge in [-0.3, -0.25) is 9.59 Å². The average molecular weight is 304 g/mol. The Bertz CT molecular complexity index is 957. The molecule has 0 fully saturated rings. The first kappa shape index (κ1) is 13.3. The molecular formula is C19H12O2S. The van der Waals surface area contributed by atoms with Gasteiger partial charge in [0.25, 0.3) is 0 Å². The molecular weight excluding hydrogens is 292 g/mol. The molecule has 0 saturated heterocycles. The van der Waals surface area contributed by atoms with Crippen molar-refractivity contribution in [2.75, 3.05) is 0 Å². The van der Waals surface area contributed by atoms with Gasteiger partial charge in [0.15, 0.2) is 0 Å². The molecule has 3 heteroatoms. The molecule has 4 rings (SSSR count). The van der Waals surface area contributed by atoms with E-state index >= 15 is 0 Å². The molecule has 3 aromatic carbocycles. The van der Waals surface area contributed by atoms with E-state index in [-0.39, 0.29) is 5.78 Å². The van der Waals surface area contributed by atoms with E-state index in [1.165, 1.54) is 17.3 Å². The van der Waals surface area contributed by atoms with Gasteiger partial charge in [0.2, 0.25) is 11.6 Å². The van der Waals surface area contributed by atoms with E-state index in [4.69, 9.17) is 0 Å². The number of hydrogen-bond donors (Lipinski definition) is 0. The molecule has 0 aromatic heterocycles. The van der Waals surface area contributed by atoms with Crippen molar-refractivity contribution >= 4 is 34.1 Å². The summed E-state index contributed by atoms with van der Waals surface area (Å²) in [6.07, 6.45) is 0. The Hall–Kier alpha value is -2.39. The van der Waals surface area contributed by atoms with E-state index in [1.54, 1.807) is 6.07 Å². The van der Waals surface area contributed by atoms with E-state index in [1.807, 2.05) is 49.4 Å². The van der Waals surface area contributed by atoms with Crippen molar-refractivity contribution in [2.24, 2.45) is 0 Å². The van der Waals surface area contributed by atoms with Gasteiger partial charge in [0.1, 0.15) is 0 Å². The van der Waals surface area contributed by atoms with Crippen molar-refractivity contribution < 1.29 is 9.59 Å². The van der Waals surface area contributed by atoms with Crippen LogP contribution in [0.15, 0.2) is 64.4 Å². The lowest BCUT2D eigenvalue weighted by Gasteiger charge is -2.08. The van der Waals surface area contributed by atoms with Crippen molar-refractivity contribution in [1.82, 2.24) is 0 Å². The maximum atomic E-state index is 12.4. The first-order chi connectivity index (χ1) is 10.6. The molecule has 0 spiro atoms. The highest BCUT2D eigenvalue weighted by atomic mass is 32.2. The van der Waals surface area contributed by atoms with E-state index in [0.29, 0.717) is 11.1 Å². The summed E-state index contributed by atoms with van der Waals surface area (Å²) in [4.78, 5) is 26.5. The van der Waals surface area contributed by atoms with Crippen LogP contribution in [0.2, 0.25) is 0 Å². The third kappa shape index (κ3) is 1.90. The summed E-state index contributed by atoms with van der Waals surface area (Å²) in [6.45, 7) is 2.04. The van der Waals surface area contributed by atoms with Crippen LogP contribution in [0.1, 0.15) is 26.3 Å². The first-order valence-electron chi connectivity index (χ1n) is 7.04. The Balaban J connectivity index is 1.92. The number of carbonyl (C=O) groups is 2. The average Bonchev–Trinajstić information content (AvgIpc) is 2.77. The molecule has 0 unspecified atom stereocenters. The van der Waals surface area contributed by atoms with Crippen LogP contribution in [0.4, 0.5) is 0 Å². The van der Waals surface area contributed by atoms with Gasteiger partial charge in [-0.15, -0.1) is 0 Å². The fraction of sp³-hybridized carbons (Fsp3) is 0.0526. The quantitative estimate of drug-likeness (QED) is 0.645. The van der Waals surface area contributed by atoms with Crippen LogP contribution < -0.4 is 0 Å². The highest BCUT2D eigenvalue weighted by Gasteiger charge is 2.33. The molecule has 0 heterocycles. The zero-order chi connectivity index (χ0) is 15.3. The Morgan fingerprint density at radius 2 is 1.68 bits per heavy atom. The predicted molar refractivity (Wildman–Crippen MR) is 87.9 cm³/mol. The Kier molecular flexibility index (Phi) is 2.91. The van der Waals surface area contributed by atoms with Gasteiger partial charge in [-0.25, -0.2) is 0 Å². The number of carbonyl (C=O) groups excluding carboxylic acids is 2. The van der Waals surface area contributed by atoms with Crippen molar-refractivity contribution in [3.8, 4) is 0 Å². The number of Topliss-reactive ketones (excluding diaryl/α,β-unsaturated/α-hetero) is 2. The topological polar surface area (TPSA) is 34.1 Å². The molecule has 1 aliphatic rings. The molecule has 0 atom stereocenters. The normalized spacial score (nSPS) is 13.1. The fourth-order valence-corrected chi connectivity index (χ4v) is 3.98. The Morgan fingerprint density at radius 3 is 2.50 bits per heavy atom. The minimum Gasteiger partial charge on any atom is -0.285 e. The van der Waals surface area contributed by atoms with Gasteiger partial charge in [-0.1, -0.05) is 53.7 Å². The van der Waals surface area contributed by atoms with Crippen LogP contribution in [0.25, 0.3) is 10.8 Å². The number of hydrogen-bond acceptors (Lipinski definition) is 3. The minimum atomic E-state index is -0.391. The molecule has 0 bridgehead atoms. The fourth-order valence-electron chi connectivity index (χ4n) is 2.90. The Morgan fingerprint density at radius 1 is 0.864 bits per heavy atom. The zero-order valence-corrected chi connectivity index (χ0v) is 12.7. The number of ketones is 2. The monoisotopic (exact) mass is 304 g/mol.